The molecule has 0 aliphatic heterocycles. The van der Waals surface area contributed by atoms with Gasteiger partial charge in [0.05, 0.1) is 0 Å². The molecule has 4 heteroatoms. The Morgan fingerprint density at radius 1 is 0.950 bits per heavy atom. The third-order valence-corrected chi connectivity index (χ3v) is 2.50. The Balaban J connectivity index is 3.32. The molecule has 0 aliphatic carbocycles. The second-order valence-corrected chi connectivity index (χ2v) is 4.24. The Kier molecular flexibility index (Phi) is 5.72. The van der Waals surface area contributed by atoms with Crippen LogP contribution in [0.5, 0.6) is 11.5 Å². The van der Waals surface area contributed by atoms with Crippen molar-refractivity contribution in [3.63, 3.8) is 0 Å². The van der Waals surface area contributed by atoms with Gasteiger partial charge in [-0.05, 0) is 36.1 Å². The summed E-state index contributed by atoms with van der Waals surface area (Å²) in [5.41, 5.74) is 1.90. The zero-order valence-electron chi connectivity index (χ0n) is 11.8. The van der Waals surface area contributed by atoms with Gasteiger partial charge >= 0.3 is 11.9 Å². The van der Waals surface area contributed by atoms with Crippen molar-refractivity contribution >= 4 is 11.9 Å². The maximum absolute atomic E-state index is 11.1. The molecular weight excluding hydrogens is 256 g/mol. The summed E-state index contributed by atoms with van der Waals surface area (Å²) < 4.78 is 10.2. The summed E-state index contributed by atoms with van der Waals surface area (Å²) in [7, 11) is 0. The summed E-state index contributed by atoms with van der Waals surface area (Å²) in [6.45, 7) is 9.99. The highest BCUT2D eigenvalue weighted by Crippen LogP contribution is 2.32. The smallest absolute Gasteiger partial charge is 0.308 e. The molecule has 0 fully saturated rings. The monoisotopic (exact) mass is 274 g/mol. The van der Waals surface area contributed by atoms with Crippen molar-refractivity contribution in [3.05, 3.63) is 48.6 Å². The fourth-order valence-electron chi connectivity index (χ4n) is 1.80. The number of benzene rings is 1. The van der Waals surface area contributed by atoms with Crippen LogP contribution in [0.25, 0.3) is 0 Å². The van der Waals surface area contributed by atoms with Gasteiger partial charge in [-0.15, -0.1) is 13.2 Å². The summed E-state index contributed by atoms with van der Waals surface area (Å²) in [5, 5.41) is 0. The molecule has 4 nitrogen and oxygen atoms in total. The second-order valence-electron chi connectivity index (χ2n) is 4.24. The van der Waals surface area contributed by atoms with Crippen molar-refractivity contribution in [2.45, 2.75) is 26.7 Å². The van der Waals surface area contributed by atoms with Gasteiger partial charge in [-0.3, -0.25) is 9.59 Å². The molecule has 0 saturated carbocycles. The highest BCUT2D eigenvalue weighted by molar-refractivity contribution is 5.74. The molecule has 0 saturated heterocycles. The molecule has 0 amide bonds. The van der Waals surface area contributed by atoms with Crippen LogP contribution in [0.4, 0.5) is 0 Å². The predicted molar refractivity (Wildman–Crippen MR) is 76.9 cm³/mol. The topological polar surface area (TPSA) is 52.6 Å². The van der Waals surface area contributed by atoms with E-state index in [9.17, 15) is 9.59 Å². The Morgan fingerprint density at radius 2 is 1.30 bits per heavy atom. The molecule has 0 unspecified atom stereocenters. The fraction of sp³-hybridized carbons (Fsp3) is 0.250. The molecule has 0 aromatic heterocycles. The van der Waals surface area contributed by atoms with E-state index in [4.69, 9.17) is 9.47 Å². The molecular formula is C16H18O4. The maximum Gasteiger partial charge on any atom is 0.308 e. The van der Waals surface area contributed by atoms with E-state index in [0.717, 1.165) is 11.1 Å². The zero-order valence-corrected chi connectivity index (χ0v) is 11.8. The van der Waals surface area contributed by atoms with Gasteiger partial charge in [0, 0.05) is 13.8 Å². The molecule has 0 radical (unpaired) electrons. The van der Waals surface area contributed by atoms with E-state index in [1.54, 1.807) is 24.3 Å². The molecule has 20 heavy (non-hydrogen) atoms. The summed E-state index contributed by atoms with van der Waals surface area (Å²) in [6.07, 6.45) is 4.76. The molecule has 106 valence electrons. The van der Waals surface area contributed by atoms with E-state index in [-0.39, 0.29) is 11.5 Å². The van der Waals surface area contributed by atoms with Crippen LogP contribution >= 0.6 is 0 Å². The lowest BCUT2D eigenvalue weighted by Crippen LogP contribution is -2.08. The molecule has 0 spiro atoms. The van der Waals surface area contributed by atoms with Gasteiger partial charge in [-0.1, -0.05) is 12.2 Å². The number of ether oxygens (including phenoxy) is 2. The van der Waals surface area contributed by atoms with Crippen LogP contribution in [0.3, 0.4) is 0 Å². The second kappa shape index (κ2) is 7.28. The van der Waals surface area contributed by atoms with Gasteiger partial charge in [-0.2, -0.15) is 0 Å². The van der Waals surface area contributed by atoms with Crippen molar-refractivity contribution < 1.29 is 19.1 Å². The van der Waals surface area contributed by atoms with Crippen LogP contribution in [0, 0.1) is 0 Å². The summed E-state index contributed by atoms with van der Waals surface area (Å²) in [4.78, 5) is 22.3. The first-order valence-corrected chi connectivity index (χ1v) is 6.22. The van der Waals surface area contributed by atoms with Gasteiger partial charge in [-0.25, -0.2) is 0 Å². The molecule has 1 aromatic rings. The van der Waals surface area contributed by atoms with E-state index in [1.165, 1.54) is 13.8 Å². The lowest BCUT2D eigenvalue weighted by molar-refractivity contribution is -0.134. The first-order chi connectivity index (χ1) is 9.47. The van der Waals surface area contributed by atoms with Gasteiger partial charge < -0.3 is 9.47 Å². The van der Waals surface area contributed by atoms with Crippen LogP contribution in [-0.2, 0) is 22.4 Å². The molecule has 1 rings (SSSR count). The summed E-state index contributed by atoms with van der Waals surface area (Å²) >= 11 is 0. The Labute approximate surface area is 118 Å². The summed E-state index contributed by atoms with van der Waals surface area (Å²) in [6, 6.07) is 3.39. The average Bonchev–Trinajstić information content (AvgIpc) is 2.33. The predicted octanol–water partition coefficient (Wildman–Crippen LogP) is 2.99. The van der Waals surface area contributed by atoms with Crippen molar-refractivity contribution in [2.24, 2.45) is 0 Å². The average molecular weight is 274 g/mol. The van der Waals surface area contributed by atoms with Gasteiger partial charge in [0.2, 0.25) is 0 Å². The fourth-order valence-corrected chi connectivity index (χ4v) is 1.80. The SMILES string of the molecule is C=CCc1cc(OC(C)=O)c(OC(C)=O)cc1CC=C. The number of hydrogen-bond acceptors (Lipinski definition) is 4. The third-order valence-electron chi connectivity index (χ3n) is 2.50. The van der Waals surface area contributed by atoms with Crippen LogP contribution in [0.15, 0.2) is 37.4 Å². The van der Waals surface area contributed by atoms with E-state index < -0.39 is 11.9 Å². The van der Waals surface area contributed by atoms with Gasteiger partial charge in [0.1, 0.15) is 0 Å². The van der Waals surface area contributed by atoms with E-state index in [1.807, 2.05) is 0 Å². The Bertz CT molecular complexity index is 495. The number of carbonyl (C=O) groups is 2. The van der Waals surface area contributed by atoms with Crippen LogP contribution in [-0.4, -0.2) is 11.9 Å². The minimum atomic E-state index is -0.473. The highest BCUT2D eigenvalue weighted by atomic mass is 16.6. The van der Waals surface area contributed by atoms with Crippen molar-refractivity contribution in [1.29, 1.82) is 0 Å². The summed E-state index contributed by atoms with van der Waals surface area (Å²) in [5.74, 6) is -0.478. The lowest BCUT2D eigenvalue weighted by Gasteiger charge is -2.13. The first kappa shape index (κ1) is 15.7. The van der Waals surface area contributed by atoms with Crippen LogP contribution in [0.1, 0.15) is 25.0 Å². The number of hydrogen-bond donors (Lipinski definition) is 0. The maximum atomic E-state index is 11.1. The Morgan fingerprint density at radius 3 is 1.55 bits per heavy atom. The largest absolute Gasteiger partial charge is 0.423 e. The lowest BCUT2D eigenvalue weighted by atomic mass is 10.0. The van der Waals surface area contributed by atoms with E-state index >= 15 is 0 Å². The van der Waals surface area contributed by atoms with Crippen LogP contribution in [0.2, 0.25) is 0 Å². The van der Waals surface area contributed by atoms with E-state index in [0.29, 0.717) is 12.8 Å². The third kappa shape index (κ3) is 4.39. The van der Waals surface area contributed by atoms with Crippen molar-refractivity contribution in [3.8, 4) is 11.5 Å². The van der Waals surface area contributed by atoms with Crippen molar-refractivity contribution in [1.82, 2.24) is 0 Å². The van der Waals surface area contributed by atoms with Crippen molar-refractivity contribution in [2.75, 3.05) is 0 Å². The molecule has 1 aromatic carbocycles. The van der Waals surface area contributed by atoms with Gasteiger partial charge in [0.15, 0.2) is 11.5 Å². The highest BCUT2D eigenvalue weighted by Gasteiger charge is 2.14. The molecule has 0 aliphatic rings. The van der Waals surface area contributed by atoms with E-state index in [2.05, 4.69) is 13.2 Å². The molecule has 0 bridgehead atoms. The standard InChI is InChI=1S/C16H18O4/c1-5-7-13-9-15(19-11(3)17)16(20-12(4)18)10-14(13)8-6-2/h5-6,9-10H,1-2,7-8H2,3-4H3. The molecule has 0 atom stereocenters. The molecule has 0 heterocycles. The number of esters is 2. The first-order valence-electron chi connectivity index (χ1n) is 6.22. The number of allylic oxidation sites excluding steroid dienone is 2. The van der Waals surface area contributed by atoms with Crippen LogP contribution < -0.4 is 9.47 Å². The number of carbonyl (C=O) groups excluding carboxylic acids is 2. The minimum absolute atomic E-state index is 0.234. The van der Waals surface area contributed by atoms with Gasteiger partial charge in [0.25, 0.3) is 0 Å². The molecule has 0 N–H and O–H groups in total. The quantitative estimate of drug-likeness (QED) is 0.454. The minimum Gasteiger partial charge on any atom is -0.423 e. The zero-order chi connectivity index (χ0) is 15.1. The number of rotatable bonds is 6. The Hall–Kier alpha value is -2.36. The normalized spacial score (nSPS) is 9.70.